The summed E-state index contributed by atoms with van der Waals surface area (Å²) < 4.78 is 6.12. The van der Waals surface area contributed by atoms with Crippen LogP contribution in [0.2, 0.25) is 5.02 Å². The van der Waals surface area contributed by atoms with Gasteiger partial charge in [-0.3, -0.25) is 0 Å². The first-order valence-electron chi connectivity index (χ1n) is 10.7. The van der Waals surface area contributed by atoms with Gasteiger partial charge in [0.2, 0.25) is 0 Å². The van der Waals surface area contributed by atoms with E-state index >= 15 is 0 Å². The van der Waals surface area contributed by atoms with Crippen molar-refractivity contribution in [3.8, 4) is 5.75 Å². The molecular formula is C26H29ClN2O. The number of anilines is 2. The fourth-order valence-corrected chi connectivity index (χ4v) is 4.26. The molecule has 3 aromatic carbocycles. The second kappa shape index (κ2) is 9.90. The van der Waals surface area contributed by atoms with Gasteiger partial charge >= 0.3 is 0 Å². The largest absolute Gasteiger partial charge is 0.489 e. The SMILES string of the molecule is Cc1cccc(COc2ccccc2CNc2ccc(N3CCCCC3)c(Cl)c2)c1. The Bertz CT molecular complexity index is 982. The van der Waals surface area contributed by atoms with Crippen molar-refractivity contribution in [1.29, 1.82) is 0 Å². The Morgan fingerprint density at radius 3 is 2.57 bits per heavy atom. The van der Waals surface area contributed by atoms with Crippen LogP contribution in [0.4, 0.5) is 11.4 Å². The van der Waals surface area contributed by atoms with Crippen LogP contribution in [0.15, 0.2) is 66.7 Å². The van der Waals surface area contributed by atoms with Gasteiger partial charge in [0, 0.05) is 30.9 Å². The van der Waals surface area contributed by atoms with Gasteiger partial charge in [-0.1, -0.05) is 59.6 Å². The Balaban J connectivity index is 1.39. The molecule has 1 saturated heterocycles. The first kappa shape index (κ1) is 20.6. The van der Waals surface area contributed by atoms with E-state index in [1.54, 1.807) is 0 Å². The smallest absolute Gasteiger partial charge is 0.124 e. The average Bonchev–Trinajstić information content (AvgIpc) is 2.77. The third-order valence-corrected chi connectivity index (χ3v) is 5.88. The van der Waals surface area contributed by atoms with E-state index in [0.717, 1.165) is 40.8 Å². The molecule has 4 heteroatoms. The zero-order chi connectivity index (χ0) is 20.8. The lowest BCUT2D eigenvalue weighted by atomic mass is 10.1. The van der Waals surface area contributed by atoms with Crippen LogP contribution in [0, 0.1) is 6.92 Å². The quantitative estimate of drug-likeness (QED) is 0.453. The molecule has 0 atom stereocenters. The number of rotatable bonds is 7. The van der Waals surface area contributed by atoms with Gasteiger partial charge in [-0.2, -0.15) is 0 Å². The van der Waals surface area contributed by atoms with Gasteiger partial charge in [-0.15, -0.1) is 0 Å². The maximum atomic E-state index is 6.60. The summed E-state index contributed by atoms with van der Waals surface area (Å²) in [5, 5.41) is 4.31. The second-order valence-electron chi connectivity index (χ2n) is 7.95. The average molecular weight is 421 g/mol. The molecule has 1 heterocycles. The van der Waals surface area contributed by atoms with Gasteiger partial charge in [-0.25, -0.2) is 0 Å². The van der Waals surface area contributed by atoms with E-state index < -0.39 is 0 Å². The standard InChI is InChI=1S/C26H29ClN2O/c1-20-8-7-9-21(16-20)19-30-26-11-4-3-10-22(26)18-28-23-12-13-25(24(27)17-23)29-14-5-2-6-15-29/h3-4,7-13,16-17,28H,2,5-6,14-15,18-19H2,1H3. The summed E-state index contributed by atoms with van der Waals surface area (Å²) in [6, 6.07) is 22.9. The first-order chi connectivity index (χ1) is 14.7. The lowest BCUT2D eigenvalue weighted by Crippen LogP contribution is -2.29. The van der Waals surface area contributed by atoms with Crippen molar-refractivity contribution in [1.82, 2.24) is 0 Å². The minimum absolute atomic E-state index is 0.565. The normalized spacial score (nSPS) is 13.9. The highest BCUT2D eigenvalue weighted by atomic mass is 35.5. The van der Waals surface area contributed by atoms with Crippen LogP contribution in [0.5, 0.6) is 5.75 Å². The number of para-hydroxylation sites is 1. The predicted molar refractivity (Wildman–Crippen MR) is 127 cm³/mol. The monoisotopic (exact) mass is 420 g/mol. The maximum Gasteiger partial charge on any atom is 0.124 e. The number of aryl methyl sites for hydroxylation is 1. The van der Waals surface area contributed by atoms with Crippen molar-refractivity contribution in [3.63, 3.8) is 0 Å². The molecule has 1 aliphatic heterocycles. The molecule has 3 aromatic rings. The highest BCUT2D eigenvalue weighted by molar-refractivity contribution is 6.33. The Hall–Kier alpha value is -2.65. The third-order valence-electron chi connectivity index (χ3n) is 5.58. The molecule has 4 rings (SSSR count). The number of piperidine rings is 1. The number of hydrogen-bond donors (Lipinski definition) is 1. The first-order valence-corrected chi connectivity index (χ1v) is 11.1. The van der Waals surface area contributed by atoms with Crippen LogP contribution in [0.25, 0.3) is 0 Å². The van der Waals surface area contributed by atoms with E-state index in [0.29, 0.717) is 13.2 Å². The summed E-state index contributed by atoms with van der Waals surface area (Å²) in [7, 11) is 0. The maximum absolute atomic E-state index is 6.60. The van der Waals surface area contributed by atoms with Crippen molar-refractivity contribution in [2.24, 2.45) is 0 Å². The zero-order valence-electron chi connectivity index (χ0n) is 17.5. The Kier molecular flexibility index (Phi) is 6.81. The molecule has 0 bridgehead atoms. The Morgan fingerprint density at radius 2 is 1.77 bits per heavy atom. The number of ether oxygens (including phenoxy) is 1. The molecule has 1 N–H and O–H groups in total. The van der Waals surface area contributed by atoms with E-state index in [-0.39, 0.29) is 0 Å². The van der Waals surface area contributed by atoms with Crippen molar-refractivity contribution in [3.05, 3.63) is 88.4 Å². The Morgan fingerprint density at radius 1 is 0.933 bits per heavy atom. The fraction of sp³-hybridized carbons (Fsp3) is 0.308. The van der Waals surface area contributed by atoms with Gasteiger partial charge in [0.1, 0.15) is 12.4 Å². The number of halogens is 1. The molecule has 1 fully saturated rings. The molecular weight excluding hydrogens is 392 g/mol. The van der Waals surface area contributed by atoms with E-state index in [9.17, 15) is 0 Å². The third kappa shape index (κ3) is 5.28. The van der Waals surface area contributed by atoms with Crippen LogP contribution in [0.3, 0.4) is 0 Å². The van der Waals surface area contributed by atoms with Crippen LogP contribution < -0.4 is 15.0 Å². The topological polar surface area (TPSA) is 24.5 Å². The Labute approximate surface area is 184 Å². The summed E-state index contributed by atoms with van der Waals surface area (Å²) in [6.45, 7) is 5.54. The summed E-state index contributed by atoms with van der Waals surface area (Å²) >= 11 is 6.60. The lowest BCUT2D eigenvalue weighted by Gasteiger charge is -2.29. The summed E-state index contributed by atoms with van der Waals surface area (Å²) in [5.74, 6) is 0.905. The highest BCUT2D eigenvalue weighted by Crippen LogP contribution is 2.31. The van der Waals surface area contributed by atoms with Gasteiger partial charge in [-0.05, 0) is 56.0 Å². The highest BCUT2D eigenvalue weighted by Gasteiger charge is 2.14. The van der Waals surface area contributed by atoms with Crippen LogP contribution in [0.1, 0.15) is 36.0 Å². The minimum Gasteiger partial charge on any atom is -0.489 e. The summed E-state index contributed by atoms with van der Waals surface area (Å²) in [5.41, 5.74) is 5.72. The molecule has 0 aromatic heterocycles. The molecule has 0 spiro atoms. The van der Waals surface area contributed by atoms with E-state index in [2.05, 4.69) is 59.6 Å². The number of nitrogens with zero attached hydrogens (tertiary/aromatic N) is 1. The molecule has 0 radical (unpaired) electrons. The molecule has 0 aliphatic carbocycles. The van der Waals surface area contributed by atoms with Crippen LogP contribution >= 0.6 is 11.6 Å². The number of benzene rings is 3. The minimum atomic E-state index is 0.565. The molecule has 1 aliphatic rings. The molecule has 0 unspecified atom stereocenters. The fourth-order valence-electron chi connectivity index (χ4n) is 3.96. The van der Waals surface area contributed by atoms with Crippen LogP contribution in [-0.2, 0) is 13.2 Å². The van der Waals surface area contributed by atoms with E-state index in [1.165, 1.54) is 30.4 Å². The van der Waals surface area contributed by atoms with Crippen molar-refractivity contribution >= 4 is 23.0 Å². The van der Waals surface area contributed by atoms with Crippen molar-refractivity contribution < 1.29 is 4.74 Å². The predicted octanol–water partition coefficient (Wildman–Crippen LogP) is 6.83. The summed E-state index contributed by atoms with van der Waals surface area (Å²) in [4.78, 5) is 2.39. The van der Waals surface area contributed by atoms with Crippen LogP contribution in [-0.4, -0.2) is 13.1 Å². The molecule has 30 heavy (non-hydrogen) atoms. The molecule has 0 amide bonds. The van der Waals surface area contributed by atoms with Gasteiger partial charge in [0.25, 0.3) is 0 Å². The molecule has 156 valence electrons. The number of nitrogens with one attached hydrogen (secondary N) is 1. The molecule has 3 nitrogen and oxygen atoms in total. The van der Waals surface area contributed by atoms with Gasteiger partial charge < -0.3 is 15.0 Å². The second-order valence-corrected chi connectivity index (χ2v) is 8.36. The summed E-state index contributed by atoms with van der Waals surface area (Å²) in [6.07, 6.45) is 3.81. The van der Waals surface area contributed by atoms with Gasteiger partial charge in [0.05, 0.1) is 10.7 Å². The molecule has 0 saturated carbocycles. The lowest BCUT2D eigenvalue weighted by molar-refractivity contribution is 0.303. The number of hydrogen-bond acceptors (Lipinski definition) is 3. The van der Waals surface area contributed by atoms with E-state index in [4.69, 9.17) is 16.3 Å². The van der Waals surface area contributed by atoms with Crippen molar-refractivity contribution in [2.45, 2.75) is 39.3 Å². The zero-order valence-corrected chi connectivity index (χ0v) is 18.3. The van der Waals surface area contributed by atoms with Crippen molar-refractivity contribution in [2.75, 3.05) is 23.3 Å². The van der Waals surface area contributed by atoms with Gasteiger partial charge in [0.15, 0.2) is 0 Å². The van der Waals surface area contributed by atoms with E-state index in [1.807, 2.05) is 24.3 Å².